The molecule has 6 aromatic rings. The molecular formula is C35H36FN9O2. The van der Waals surface area contributed by atoms with E-state index in [1.54, 1.807) is 47.2 Å². The Balaban J connectivity index is 1.21. The predicted octanol–water partition coefficient (Wildman–Crippen LogP) is 5.12. The Morgan fingerprint density at radius 1 is 1.00 bits per heavy atom. The smallest absolute Gasteiger partial charge is 0.282 e. The van der Waals surface area contributed by atoms with E-state index in [2.05, 4.69) is 48.4 Å². The van der Waals surface area contributed by atoms with Gasteiger partial charge in [-0.15, -0.1) is 0 Å². The number of hydrogen-bond donors (Lipinski definition) is 2. The van der Waals surface area contributed by atoms with Crippen LogP contribution in [0.4, 0.5) is 15.9 Å². The van der Waals surface area contributed by atoms with Gasteiger partial charge in [-0.25, -0.2) is 18.9 Å². The Bertz CT molecular complexity index is 2160. The Kier molecular flexibility index (Phi) is 7.69. The van der Waals surface area contributed by atoms with Crippen molar-refractivity contribution in [3.63, 3.8) is 0 Å². The standard InChI is InChI=1S/C35H36FN9O2/c1-35(2,3)24-16-23-20-39-45(34(47)31(23)26(36)17-24)29-7-5-6-25(32(29)46)27-18-28(33-37-10-11-44(33)41-27)40-30-9-8-22(19-38-30)21-43-14-12-42(4)13-15-43/h5-11,16-20,46H,12-15,21H2,1-4H3,(H,38,40). The molecule has 11 nitrogen and oxygen atoms in total. The van der Waals surface area contributed by atoms with E-state index in [0.717, 1.165) is 48.5 Å². The molecule has 4 aromatic heterocycles. The van der Waals surface area contributed by atoms with Gasteiger partial charge in [0.1, 0.15) is 17.3 Å². The van der Waals surface area contributed by atoms with Crippen LogP contribution in [-0.4, -0.2) is 77.5 Å². The number of para-hydroxylation sites is 1. The molecular weight excluding hydrogens is 597 g/mol. The zero-order valence-electron chi connectivity index (χ0n) is 26.8. The van der Waals surface area contributed by atoms with Gasteiger partial charge in [0.2, 0.25) is 0 Å². The Labute approximate surface area is 270 Å². The summed E-state index contributed by atoms with van der Waals surface area (Å²) in [6, 6.07) is 13.9. The molecule has 7 rings (SSSR count). The number of halogens is 1. The van der Waals surface area contributed by atoms with Crippen LogP contribution in [0.15, 0.2) is 78.1 Å². The van der Waals surface area contributed by atoms with E-state index in [1.807, 2.05) is 33.0 Å². The van der Waals surface area contributed by atoms with Gasteiger partial charge in [-0.2, -0.15) is 14.9 Å². The summed E-state index contributed by atoms with van der Waals surface area (Å²) in [5.41, 5.74) is 2.99. The number of phenolic OH excluding ortho intramolecular Hbond substituents is 1. The van der Waals surface area contributed by atoms with Gasteiger partial charge in [-0.3, -0.25) is 9.69 Å². The van der Waals surface area contributed by atoms with E-state index < -0.39 is 11.4 Å². The summed E-state index contributed by atoms with van der Waals surface area (Å²) in [6.07, 6.45) is 6.67. The lowest BCUT2D eigenvalue weighted by Crippen LogP contribution is -2.43. The highest BCUT2D eigenvalue weighted by Crippen LogP contribution is 2.35. The van der Waals surface area contributed by atoms with E-state index >= 15 is 4.39 Å². The van der Waals surface area contributed by atoms with E-state index in [-0.39, 0.29) is 22.2 Å². The number of imidazole rings is 1. The number of hydrogen-bond acceptors (Lipinski definition) is 9. The molecule has 1 aliphatic rings. The minimum absolute atomic E-state index is 0.0932. The first-order chi connectivity index (χ1) is 22.5. The van der Waals surface area contributed by atoms with Gasteiger partial charge in [0, 0.05) is 62.3 Å². The molecule has 0 radical (unpaired) electrons. The van der Waals surface area contributed by atoms with Gasteiger partial charge in [-0.05, 0) is 60.0 Å². The van der Waals surface area contributed by atoms with Crippen molar-refractivity contribution in [1.29, 1.82) is 0 Å². The lowest BCUT2D eigenvalue weighted by Gasteiger charge is -2.32. The average Bonchev–Trinajstić information content (AvgIpc) is 3.52. The number of piperazine rings is 1. The van der Waals surface area contributed by atoms with E-state index in [1.165, 1.54) is 12.3 Å². The highest BCUT2D eigenvalue weighted by Gasteiger charge is 2.21. The molecule has 0 atom stereocenters. The molecule has 240 valence electrons. The topological polar surface area (TPSA) is 117 Å². The number of fused-ring (bicyclic) bond motifs is 2. The maximum Gasteiger partial charge on any atom is 0.282 e. The molecule has 1 saturated heterocycles. The number of aromatic hydroxyl groups is 1. The number of anilines is 2. The van der Waals surface area contributed by atoms with Crippen LogP contribution in [0.3, 0.4) is 0 Å². The lowest BCUT2D eigenvalue weighted by atomic mass is 9.86. The van der Waals surface area contributed by atoms with E-state index in [9.17, 15) is 9.90 Å². The quantitative estimate of drug-likeness (QED) is 0.258. The molecule has 0 spiro atoms. The van der Waals surface area contributed by atoms with Crippen LogP contribution in [0, 0.1) is 5.82 Å². The number of pyridine rings is 1. The second-order valence-electron chi connectivity index (χ2n) is 13.1. The first-order valence-electron chi connectivity index (χ1n) is 15.6. The van der Waals surface area contributed by atoms with Gasteiger partial charge in [0.15, 0.2) is 11.4 Å². The average molecular weight is 634 g/mol. The van der Waals surface area contributed by atoms with Crippen LogP contribution in [0.5, 0.6) is 5.75 Å². The predicted molar refractivity (Wildman–Crippen MR) is 180 cm³/mol. The van der Waals surface area contributed by atoms with Crippen LogP contribution in [0.2, 0.25) is 0 Å². The first-order valence-corrected chi connectivity index (χ1v) is 15.6. The van der Waals surface area contributed by atoms with Crippen molar-refractivity contribution in [3.05, 3.63) is 101 Å². The maximum absolute atomic E-state index is 15.3. The summed E-state index contributed by atoms with van der Waals surface area (Å²) in [5.74, 6) is -0.221. The van der Waals surface area contributed by atoms with Crippen LogP contribution >= 0.6 is 0 Å². The van der Waals surface area contributed by atoms with Crippen molar-refractivity contribution in [2.45, 2.75) is 32.7 Å². The third-order valence-electron chi connectivity index (χ3n) is 8.67. The molecule has 1 fully saturated rings. The van der Waals surface area contributed by atoms with Crippen LogP contribution in [0.1, 0.15) is 31.9 Å². The van der Waals surface area contributed by atoms with Crippen molar-refractivity contribution in [1.82, 2.24) is 39.2 Å². The number of aromatic nitrogens is 6. The summed E-state index contributed by atoms with van der Waals surface area (Å²) in [7, 11) is 2.15. The summed E-state index contributed by atoms with van der Waals surface area (Å²) in [4.78, 5) is 27.4. The molecule has 12 heteroatoms. The molecule has 0 aliphatic carbocycles. The fraction of sp³-hybridized carbons (Fsp3) is 0.286. The van der Waals surface area contributed by atoms with Crippen LogP contribution < -0.4 is 10.9 Å². The second kappa shape index (κ2) is 11.9. The summed E-state index contributed by atoms with van der Waals surface area (Å²) in [6.45, 7) is 11.0. The first kappa shape index (κ1) is 30.5. The molecule has 0 saturated carbocycles. The van der Waals surface area contributed by atoms with E-state index in [0.29, 0.717) is 33.8 Å². The minimum atomic E-state index is -0.671. The number of nitrogens with one attached hydrogen (secondary N) is 1. The molecule has 0 bridgehead atoms. The van der Waals surface area contributed by atoms with Gasteiger partial charge in [0.25, 0.3) is 5.56 Å². The molecule has 2 N–H and O–H groups in total. The summed E-state index contributed by atoms with van der Waals surface area (Å²) in [5, 5.41) is 24.1. The van der Waals surface area contributed by atoms with Gasteiger partial charge < -0.3 is 15.3 Å². The SMILES string of the molecule is CN1CCN(Cc2ccc(Nc3cc(-c4cccc(-n5ncc6cc(C(C)(C)C)cc(F)c6c5=O)c4O)nn4ccnc34)nc2)CC1. The minimum Gasteiger partial charge on any atom is -0.505 e. The van der Waals surface area contributed by atoms with Crippen LogP contribution in [-0.2, 0) is 12.0 Å². The Morgan fingerprint density at radius 3 is 2.55 bits per heavy atom. The van der Waals surface area contributed by atoms with Crippen molar-refractivity contribution in [3.8, 4) is 22.7 Å². The zero-order chi connectivity index (χ0) is 32.9. The fourth-order valence-corrected chi connectivity index (χ4v) is 5.88. The Hall–Kier alpha value is -5.20. The lowest BCUT2D eigenvalue weighted by molar-refractivity contribution is 0.148. The number of nitrogens with zero attached hydrogens (tertiary/aromatic N) is 8. The molecule has 2 aromatic carbocycles. The number of phenols is 1. The summed E-state index contributed by atoms with van der Waals surface area (Å²) < 4.78 is 17.9. The van der Waals surface area contributed by atoms with Crippen molar-refractivity contribution in [2.24, 2.45) is 0 Å². The number of benzene rings is 2. The fourth-order valence-electron chi connectivity index (χ4n) is 5.88. The Morgan fingerprint density at radius 2 is 1.81 bits per heavy atom. The monoisotopic (exact) mass is 633 g/mol. The third kappa shape index (κ3) is 5.93. The molecule has 47 heavy (non-hydrogen) atoms. The van der Waals surface area contributed by atoms with E-state index in [4.69, 9.17) is 0 Å². The molecule has 0 unspecified atom stereocenters. The van der Waals surface area contributed by atoms with Crippen molar-refractivity contribution in [2.75, 3.05) is 38.5 Å². The zero-order valence-corrected chi connectivity index (χ0v) is 26.8. The maximum atomic E-state index is 15.3. The summed E-state index contributed by atoms with van der Waals surface area (Å²) >= 11 is 0. The molecule has 1 aliphatic heterocycles. The highest BCUT2D eigenvalue weighted by atomic mass is 19.1. The molecule has 0 amide bonds. The van der Waals surface area contributed by atoms with Gasteiger partial charge in [-0.1, -0.05) is 32.9 Å². The van der Waals surface area contributed by atoms with Crippen LogP contribution in [0.25, 0.3) is 33.4 Å². The van der Waals surface area contributed by atoms with Crippen molar-refractivity contribution >= 4 is 27.9 Å². The third-order valence-corrected chi connectivity index (χ3v) is 8.67. The normalized spacial score (nSPS) is 14.7. The highest BCUT2D eigenvalue weighted by molar-refractivity contribution is 5.84. The number of likely N-dealkylation sites (N-methyl/N-ethyl adjacent to an activating group) is 1. The number of rotatable bonds is 6. The largest absolute Gasteiger partial charge is 0.505 e. The molecule has 5 heterocycles. The second-order valence-corrected chi connectivity index (χ2v) is 13.1. The van der Waals surface area contributed by atoms with Gasteiger partial charge >= 0.3 is 0 Å². The van der Waals surface area contributed by atoms with Gasteiger partial charge in [0.05, 0.1) is 23.0 Å². The van der Waals surface area contributed by atoms with Crippen molar-refractivity contribution < 1.29 is 9.50 Å².